The molecule has 1 N–H and O–H groups in total. The number of benzene rings is 2. The van der Waals surface area contributed by atoms with Crippen molar-refractivity contribution < 1.29 is 14.3 Å². The van der Waals surface area contributed by atoms with E-state index in [-0.39, 0.29) is 5.91 Å². The summed E-state index contributed by atoms with van der Waals surface area (Å²) in [5.41, 5.74) is 1.26. The largest absolute Gasteiger partial charge is 0.494 e. The Morgan fingerprint density at radius 2 is 1.57 bits per heavy atom. The van der Waals surface area contributed by atoms with Gasteiger partial charge in [0.25, 0.3) is 5.91 Å². The summed E-state index contributed by atoms with van der Waals surface area (Å²) in [5.74, 6) is 1.23. The molecule has 4 nitrogen and oxygen atoms in total. The fraction of sp³-hybridized carbons (Fsp3) is 0.316. The number of anilines is 1. The van der Waals surface area contributed by atoms with Gasteiger partial charge in [0, 0.05) is 5.69 Å². The molecule has 23 heavy (non-hydrogen) atoms. The molecule has 0 saturated heterocycles. The van der Waals surface area contributed by atoms with E-state index in [1.807, 2.05) is 49.4 Å². The summed E-state index contributed by atoms with van der Waals surface area (Å²) in [7, 11) is 0. The predicted molar refractivity (Wildman–Crippen MR) is 92.4 cm³/mol. The van der Waals surface area contributed by atoms with E-state index in [9.17, 15) is 4.79 Å². The van der Waals surface area contributed by atoms with Crippen molar-refractivity contribution in [3.8, 4) is 11.5 Å². The first-order valence-electron chi connectivity index (χ1n) is 8.00. The lowest BCUT2D eigenvalue weighted by molar-refractivity contribution is 0.102. The van der Waals surface area contributed by atoms with Crippen molar-refractivity contribution in [1.82, 2.24) is 0 Å². The summed E-state index contributed by atoms with van der Waals surface area (Å²) in [4.78, 5) is 12.4. The fourth-order valence-electron chi connectivity index (χ4n) is 2.04. The predicted octanol–water partition coefficient (Wildman–Crippen LogP) is 4.52. The second-order valence-corrected chi connectivity index (χ2v) is 5.17. The van der Waals surface area contributed by atoms with E-state index < -0.39 is 0 Å². The molecule has 0 atom stereocenters. The molecule has 0 aromatic heterocycles. The minimum atomic E-state index is -0.182. The highest BCUT2D eigenvalue weighted by Gasteiger charge is 2.12. The van der Waals surface area contributed by atoms with Crippen molar-refractivity contribution >= 4 is 11.6 Å². The van der Waals surface area contributed by atoms with Gasteiger partial charge in [-0.15, -0.1) is 0 Å². The summed E-state index contributed by atoms with van der Waals surface area (Å²) in [6.45, 7) is 5.37. The third-order valence-electron chi connectivity index (χ3n) is 3.18. The Hall–Kier alpha value is -2.49. The van der Waals surface area contributed by atoms with Gasteiger partial charge in [-0.3, -0.25) is 4.79 Å². The summed E-state index contributed by atoms with van der Waals surface area (Å²) in [6, 6.07) is 14.6. The topological polar surface area (TPSA) is 47.6 Å². The van der Waals surface area contributed by atoms with Gasteiger partial charge < -0.3 is 14.8 Å². The Morgan fingerprint density at radius 1 is 0.913 bits per heavy atom. The fourth-order valence-corrected chi connectivity index (χ4v) is 2.04. The summed E-state index contributed by atoms with van der Waals surface area (Å²) in [5, 5.41) is 2.88. The molecular weight excluding hydrogens is 290 g/mol. The molecule has 0 heterocycles. The third-order valence-corrected chi connectivity index (χ3v) is 3.18. The molecule has 122 valence electrons. The average molecular weight is 313 g/mol. The van der Waals surface area contributed by atoms with Crippen LogP contribution in [0.1, 0.15) is 37.0 Å². The van der Waals surface area contributed by atoms with Crippen molar-refractivity contribution in [2.75, 3.05) is 18.5 Å². The third kappa shape index (κ3) is 5.02. The average Bonchev–Trinajstić information content (AvgIpc) is 2.59. The Kier molecular flexibility index (Phi) is 6.48. The molecule has 4 heteroatoms. The SMILES string of the molecule is CCCOc1ccc(NC(=O)c2ccccc2OCCC)cc1. The Bertz CT molecular complexity index is 623. The van der Waals surface area contributed by atoms with E-state index >= 15 is 0 Å². The van der Waals surface area contributed by atoms with Crippen molar-refractivity contribution in [3.05, 3.63) is 54.1 Å². The summed E-state index contributed by atoms with van der Waals surface area (Å²) < 4.78 is 11.2. The molecule has 0 aliphatic heterocycles. The van der Waals surface area contributed by atoms with Gasteiger partial charge in [0.1, 0.15) is 11.5 Å². The maximum Gasteiger partial charge on any atom is 0.259 e. The number of hydrogen-bond acceptors (Lipinski definition) is 3. The molecule has 0 unspecified atom stereocenters. The highest BCUT2D eigenvalue weighted by Crippen LogP contribution is 2.21. The molecular formula is C19H23NO3. The number of amides is 1. The van der Waals surface area contributed by atoms with Gasteiger partial charge in [-0.1, -0.05) is 26.0 Å². The zero-order valence-corrected chi connectivity index (χ0v) is 13.7. The van der Waals surface area contributed by atoms with Crippen LogP contribution in [0, 0.1) is 0 Å². The van der Waals surface area contributed by atoms with Crippen LogP contribution in [-0.2, 0) is 0 Å². The van der Waals surface area contributed by atoms with E-state index in [4.69, 9.17) is 9.47 Å². The summed E-state index contributed by atoms with van der Waals surface area (Å²) in [6.07, 6.45) is 1.86. The first-order valence-corrected chi connectivity index (χ1v) is 8.00. The second-order valence-electron chi connectivity index (χ2n) is 5.17. The monoisotopic (exact) mass is 313 g/mol. The molecule has 0 saturated carbocycles. The van der Waals surface area contributed by atoms with Gasteiger partial charge in [-0.05, 0) is 49.2 Å². The van der Waals surface area contributed by atoms with E-state index in [2.05, 4.69) is 12.2 Å². The van der Waals surface area contributed by atoms with Crippen LogP contribution in [0.15, 0.2) is 48.5 Å². The van der Waals surface area contributed by atoms with E-state index in [0.717, 1.165) is 24.3 Å². The second kappa shape index (κ2) is 8.83. The lowest BCUT2D eigenvalue weighted by Crippen LogP contribution is -2.13. The molecule has 2 aromatic carbocycles. The van der Waals surface area contributed by atoms with Crippen LogP contribution in [-0.4, -0.2) is 19.1 Å². The maximum atomic E-state index is 12.4. The quantitative estimate of drug-likeness (QED) is 0.779. The number of hydrogen-bond donors (Lipinski definition) is 1. The molecule has 2 rings (SSSR count). The number of para-hydroxylation sites is 1. The Balaban J connectivity index is 2.04. The van der Waals surface area contributed by atoms with Gasteiger partial charge in [0.2, 0.25) is 0 Å². The normalized spacial score (nSPS) is 10.2. The standard InChI is InChI=1S/C19H23NO3/c1-3-13-22-16-11-9-15(10-12-16)20-19(21)17-7-5-6-8-18(17)23-14-4-2/h5-12H,3-4,13-14H2,1-2H3,(H,20,21). The van der Waals surface area contributed by atoms with Crippen LogP contribution >= 0.6 is 0 Å². The minimum absolute atomic E-state index is 0.182. The van der Waals surface area contributed by atoms with E-state index in [1.165, 1.54) is 0 Å². The molecule has 0 fully saturated rings. The molecule has 0 aliphatic rings. The van der Waals surface area contributed by atoms with Gasteiger partial charge >= 0.3 is 0 Å². The molecule has 0 aliphatic carbocycles. The van der Waals surface area contributed by atoms with Gasteiger partial charge in [0.05, 0.1) is 18.8 Å². The Labute approximate surface area is 137 Å². The minimum Gasteiger partial charge on any atom is -0.494 e. The van der Waals surface area contributed by atoms with Crippen LogP contribution < -0.4 is 14.8 Å². The smallest absolute Gasteiger partial charge is 0.259 e. The first-order chi connectivity index (χ1) is 11.2. The van der Waals surface area contributed by atoms with Crippen molar-refractivity contribution in [2.45, 2.75) is 26.7 Å². The number of carbonyl (C=O) groups is 1. The van der Waals surface area contributed by atoms with Gasteiger partial charge in [0.15, 0.2) is 0 Å². The van der Waals surface area contributed by atoms with E-state index in [0.29, 0.717) is 24.5 Å². The van der Waals surface area contributed by atoms with Crippen LogP contribution in [0.5, 0.6) is 11.5 Å². The van der Waals surface area contributed by atoms with Crippen LogP contribution in [0.2, 0.25) is 0 Å². The molecule has 0 bridgehead atoms. The first kappa shape index (κ1) is 16.9. The van der Waals surface area contributed by atoms with Crippen molar-refractivity contribution in [1.29, 1.82) is 0 Å². The van der Waals surface area contributed by atoms with Crippen molar-refractivity contribution in [3.63, 3.8) is 0 Å². The number of nitrogens with one attached hydrogen (secondary N) is 1. The number of ether oxygens (including phenoxy) is 2. The molecule has 2 aromatic rings. The Morgan fingerprint density at radius 3 is 2.26 bits per heavy atom. The number of rotatable bonds is 8. The zero-order chi connectivity index (χ0) is 16.5. The molecule has 0 spiro atoms. The van der Waals surface area contributed by atoms with Gasteiger partial charge in [-0.25, -0.2) is 0 Å². The maximum absolute atomic E-state index is 12.4. The highest BCUT2D eigenvalue weighted by molar-refractivity contribution is 6.06. The zero-order valence-electron chi connectivity index (χ0n) is 13.7. The molecule has 0 radical (unpaired) electrons. The van der Waals surface area contributed by atoms with Crippen LogP contribution in [0.4, 0.5) is 5.69 Å². The number of carbonyl (C=O) groups excluding carboxylic acids is 1. The van der Waals surface area contributed by atoms with Crippen molar-refractivity contribution in [2.24, 2.45) is 0 Å². The highest BCUT2D eigenvalue weighted by atomic mass is 16.5. The van der Waals surface area contributed by atoms with Crippen LogP contribution in [0.25, 0.3) is 0 Å². The van der Waals surface area contributed by atoms with Crippen LogP contribution in [0.3, 0.4) is 0 Å². The van der Waals surface area contributed by atoms with E-state index in [1.54, 1.807) is 6.07 Å². The summed E-state index contributed by atoms with van der Waals surface area (Å²) >= 11 is 0. The van der Waals surface area contributed by atoms with Gasteiger partial charge in [-0.2, -0.15) is 0 Å². The lowest BCUT2D eigenvalue weighted by Gasteiger charge is -2.11. The lowest BCUT2D eigenvalue weighted by atomic mass is 10.2. The molecule has 1 amide bonds.